The highest BCUT2D eigenvalue weighted by atomic mass is 16.5. The lowest BCUT2D eigenvalue weighted by atomic mass is 9.91. The molecule has 0 spiro atoms. The van der Waals surface area contributed by atoms with Crippen molar-refractivity contribution in [2.75, 3.05) is 6.61 Å². The molecule has 0 amide bonds. The van der Waals surface area contributed by atoms with Gasteiger partial charge in [-0.2, -0.15) is 0 Å². The minimum absolute atomic E-state index is 0.635. The number of unbranched alkanes of at least 4 members (excludes halogenated alkanes) is 1. The third-order valence-corrected chi connectivity index (χ3v) is 3.65. The van der Waals surface area contributed by atoms with Crippen molar-refractivity contribution in [3.63, 3.8) is 0 Å². The van der Waals surface area contributed by atoms with Crippen molar-refractivity contribution < 1.29 is 4.74 Å². The Hall–Kier alpha value is -1.42. The van der Waals surface area contributed by atoms with Crippen LogP contribution in [0.1, 0.15) is 43.7 Å². The van der Waals surface area contributed by atoms with Crippen LogP contribution in [-0.2, 0) is 12.8 Å². The average molecular weight is 242 g/mol. The van der Waals surface area contributed by atoms with Gasteiger partial charge in [0.05, 0.1) is 6.61 Å². The average Bonchev–Trinajstić information content (AvgIpc) is 2.83. The van der Waals surface area contributed by atoms with Crippen molar-refractivity contribution in [2.24, 2.45) is 5.92 Å². The van der Waals surface area contributed by atoms with Crippen molar-refractivity contribution in [3.8, 4) is 18.1 Å². The molecule has 1 heteroatoms. The maximum Gasteiger partial charge on any atom is 0.122 e. The van der Waals surface area contributed by atoms with Crippen LogP contribution in [0.4, 0.5) is 0 Å². The van der Waals surface area contributed by atoms with E-state index in [4.69, 9.17) is 11.2 Å². The predicted molar refractivity (Wildman–Crippen MR) is 75.8 cm³/mol. The number of ether oxygens (including phenoxy) is 1. The van der Waals surface area contributed by atoms with Crippen LogP contribution in [0.25, 0.3) is 0 Å². The molecule has 1 unspecified atom stereocenters. The molecule has 1 aliphatic rings. The van der Waals surface area contributed by atoms with E-state index < -0.39 is 0 Å². The summed E-state index contributed by atoms with van der Waals surface area (Å²) >= 11 is 0. The number of terminal acetylenes is 1. The van der Waals surface area contributed by atoms with Crippen LogP contribution in [0.15, 0.2) is 18.2 Å². The summed E-state index contributed by atoms with van der Waals surface area (Å²) in [6.45, 7) is 3.07. The second-order valence-electron chi connectivity index (χ2n) is 5.16. The van der Waals surface area contributed by atoms with Gasteiger partial charge in [0.2, 0.25) is 0 Å². The third kappa shape index (κ3) is 3.29. The number of fused-ring (bicyclic) bond motifs is 1. The molecule has 18 heavy (non-hydrogen) atoms. The maximum atomic E-state index is 5.54. The first-order valence-electron chi connectivity index (χ1n) is 7.01. The van der Waals surface area contributed by atoms with Crippen LogP contribution < -0.4 is 4.74 Å². The molecule has 0 fully saturated rings. The van der Waals surface area contributed by atoms with Gasteiger partial charge < -0.3 is 4.74 Å². The zero-order valence-corrected chi connectivity index (χ0v) is 11.2. The Balaban J connectivity index is 2.00. The molecule has 2 rings (SSSR count). The van der Waals surface area contributed by atoms with Gasteiger partial charge in [-0.05, 0) is 36.0 Å². The number of hydrogen-bond donors (Lipinski definition) is 0. The first-order valence-corrected chi connectivity index (χ1v) is 7.01. The Morgan fingerprint density at radius 1 is 1.44 bits per heavy atom. The van der Waals surface area contributed by atoms with Crippen molar-refractivity contribution in [1.29, 1.82) is 0 Å². The van der Waals surface area contributed by atoms with Crippen LogP contribution in [0, 0.1) is 18.3 Å². The number of benzene rings is 1. The summed E-state index contributed by atoms with van der Waals surface area (Å²) in [5.41, 5.74) is 2.78. The lowest BCUT2D eigenvalue weighted by Crippen LogP contribution is -2.04. The molecule has 1 aliphatic heterocycles. The molecule has 0 radical (unpaired) electrons. The van der Waals surface area contributed by atoms with Crippen LogP contribution in [0.5, 0.6) is 5.75 Å². The van der Waals surface area contributed by atoms with Gasteiger partial charge in [0.25, 0.3) is 0 Å². The molecule has 96 valence electrons. The van der Waals surface area contributed by atoms with Crippen LogP contribution >= 0.6 is 0 Å². The molecule has 1 heterocycles. The quantitative estimate of drug-likeness (QED) is 0.685. The lowest BCUT2D eigenvalue weighted by Gasteiger charge is -2.14. The van der Waals surface area contributed by atoms with Crippen molar-refractivity contribution in [1.82, 2.24) is 0 Å². The van der Waals surface area contributed by atoms with Crippen molar-refractivity contribution in [2.45, 2.75) is 45.4 Å². The van der Waals surface area contributed by atoms with E-state index in [2.05, 4.69) is 31.0 Å². The van der Waals surface area contributed by atoms with E-state index in [0.29, 0.717) is 5.92 Å². The Morgan fingerprint density at radius 3 is 3.11 bits per heavy atom. The summed E-state index contributed by atoms with van der Waals surface area (Å²) < 4.78 is 5.54. The van der Waals surface area contributed by atoms with Gasteiger partial charge in [-0.15, -0.1) is 12.3 Å². The summed E-state index contributed by atoms with van der Waals surface area (Å²) in [6, 6.07) is 6.61. The third-order valence-electron chi connectivity index (χ3n) is 3.65. The largest absolute Gasteiger partial charge is 0.493 e. The van der Waals surface area contributed by atoms with Gasteiger partial charge in [-0.25, -0.2) is 0 Å². The van der Waals surface area contributed by atoms with Crippen molar-refractivity contribution in [3.05, 3.63) is 29.3 Å². The van der Waals surface area contributed by atoms with E-state index in [9.17, 15) is 0 Å². The SMILES string of the molecule is C#CCC(CCCC)Cc1ccc2c(c1)CCO2. The Labute approximate surface area is 111 Å². The molecule has 1 nitrogen and oxygen atoms in total. The van der Waals surface area contributed by atoms with Gasteiger partial charge >= 0.3 is 0 Å². The molecule has 0 saturated carbocycles. The highest BCUT2D eigenvalue weighted by molar-refractivity contribution is 5.39. The molecular weight excluding hydrogens is 220 g/mol. The summed E-state index contributed by atoms with van der Waals surface area (Å²) in [5.74, 6) is 4.53. The van der Waals surface area contributed by atoms with E-state index in [1.165, 1.54) is 30.4 Å². The summed E-state index contributed by atoms with van der Waals surface area (Å²) in [4.78, 5) is 0. The molecule has 0 aliphatic carbocycles. The van der Waals surface area contributed by atoms with Crippen LogP contribution in [0.3, 0.4) is 0 Å². The van der Waals surface area contributed by atoms with Gasteiger partial charge in [0.15, 0.2) is 0 Å². The fourth-order valence-electron chi connectivity index (χ4n) is 2.64. The van der Waals surface area contributed by atoms with E-state index in [0.717, 1.165) is 31.6 Å². The summed E-state index contributed by atoms with van der Waals surface area (Å²) in [7, 11) is 0. The van der Waals surface area contributed by atoms with Crippen LogP contribution in [0.2, 0.25) is 0 Å². The maximum absolute atomic E-state index is 5.54. The second kappa shape index (κ2) is 6.50. The van der Waals surface area contributed by atoms with E-state index in [1.807, 2.05) is 0 Å². The van der Waals surface area contributed by atoms with Crippen molar-refractivity contribution >= 4 is 0 Å². The smallest absolute Gasteiger partial charge is 0.122 e. The second-order valence-corrected chi connectivity index (χ2v) is 5.16. The van der Waals surface area contributed by atoms with E-state index in [-0.39, 0.29) is 0 Å². The van der Waals surface area contributed by atoms with Gasteiger partial charge in [0, 0.05) is 12.8 Å². The molecule has 1 aromatic rings. The highest BCUT2D eigenvalue weighted by Gasteiger charge is 2.14. The number of rotatable bonds is 6. The first kappa shape index (κ1) is 13.0. The Morgan fingerprint density at radius 2 is 2.33 bits per heavy atom. The monoisotopic (exact) mass is 242 g/mol. The lowest BCUT2D eigenvalue weighted by molar-refractivity contribution is 0.356. The molecule has 0 N–H and O–H groups in total. The normalized spacial score (nSPS) is 14.7. The predicted octanol–water partition coefficient (Wildman–Crippen LogP) is 3.99. The molecule has 0 aromatic heterocycles. The molecule has 1 aromatic carbocycles. The fourth-order valence-corrected chi connectivity index (χ4v) is 2.64. The molecule has 0 bridgehead atoms. The molecular formula is C17H22O. The topological polar surface area (TPSA) is 9.23 Å². The Kier molecular flexibility index (Phi) is 4.70. The Bertz CT molecular complexity index is 428. The van der Waals surface area contributed by atoms with E-state index >= 15 is 0 Å². The van der Waals surface area contributed by atoms with Crippen LogP contribution in [-0.4, -0.2) is 6.61 Å². The fraction of sp³-hybridized carbons (Fsp3) is 0.529. The van der Waals surface area contributed by atoms with Gasteiger partial charge in [-0.1, -0.05) is 31.9 Å². The molecule has 0 saturated heterocycles. The minimum Gasteiger partial charge on any atom is -0.493 e. The summed E-state index contributed by atoms with van der Waals surface area (Å²) in [5, 5.41) is 0. The van der Waals surface area contributed by atoms with E-state index in [1.54, 1.807) is 0 Å². The minimum atomic E-state index is 0.635. The van der Waals surface area contributed by atoms with Gasteiger partial charge in [-0.3, -0.25) is 0 Å². The zero-order chi connectivity index (χ0) is 12.8. The zero-order valence-electron chi connectivity index (χ0n) is 11.2. The number of hydrogen-bond acceptors (Lipinski definition) is 1. The standard InChI is InChI=1S/C17H22O/c1-3-5-7-14(6-4-2)12-15-8-9-17-16(13-15)10-11-18-17/h2,8-9,13-14H,3,5-7,10-12H2,1H3. The first-order chi connectivity index (χ1) is 8.83. The molecule has 1 atom stereocenters. The summed E-state index contributed by atoms with van der Waals surface area (Å²) in [6.07, 6.45) is 12.3. The van der Waals surface area contributed by atoms with Gasteiger partial charge in [0.1, 0.15) is 5.75 Å². The highest BCUT2D eigenvalue weighted by Crippen LogP contribution is 2.28.